The third kappa shape index (κ3) is 2.47. The van der Waals surface area contributed by atoms with Gasteiger partial charge >= 0.3 is 0 Å². The van der Waals surface area contributed by atoms with E-state index in [0.717, 1.165) is 26.2 Å². The Morgan fingerprint density at radius 2 is 2.07 bits per heavy atom. The van der Waals surface area contributed by atoms with Gasteiger partial charge in [-0.2, -0.15) is 0 Å². The van der Waals surface area contributed by atoms with E-state index in [4.69, 9.17) is 9.47 Å². The maximum absolute atomic E-state index is 5.80. The van der Waals surface area contributed by atoms with Crippen LogP contribution >= 0.6 is 0 Å². The maximum atomic E-state index is 5.80. The average Bonchev–Trinajstić information content (AvgIpc) is 2.19. The van der Waals surface area contributed by atoms with E-state index >= 15 is 0 Å². The summed E-state index contributed by atoms with van der Waals surface area (Å²) in [4.78, 5) is 0. The smallest absolute Gasteiger partial charge is 0.134 e. The Bertz CT molecular complexity index is 178. The van der Waals surface area contributed by atoms with Crippen molar-refractivity contribution in [3.05, 3.63) is 0 Å². The monoisotopic (exact) mass is 199 g/mol. The topological polar surface area (TPSA) is 30.5 Å². The van der Waals surface area contributed by atoms with Crippen LogP contribution < -0.4 is 5.32 Å². The molecule has 0 radical (unpaired) electrons. The molecule has 0 aliphatic carbocycles. The summed E-state index contributed by atoms with van der Waals surface area (Å²) in [5.41, 5.74) is 0.269. The first-order valence-corrected chi connectivity index (χ1v) is 5.64. The molecular formula is C11H21NO2. The van der Waals surface area contributed by atoms with Gasteiger partial charge in [0.05, 0.1) is 12.7 Å². The summed E-state index contributed by atoms with van der Waals surface area (Å²) in [6.45, 7) is 7.20. The molecule has 0 bridgehead atoms. The normalized spacial score (nSPS) is 38.1. The Kier molecular flexibility index (Phi) is 3.10. The summed E-state index contributed by atoms with van der Waals surface area (Å²) in [5, 5.41) is 3.43. The quantitative estimate of drug-likeness (QED) is 0.694. The van der Waals surface area contributed by atoms with Crippen molar-refractivity contribution in [2.75, 3.05) is 19.8 Å². The molecule has 3 nitrogen and oxygen atoms in total. The van der Waals surface area contributed by atoms with Crippen molar-refractivity contribution < 1.29 is 9.47 Å². The Morgan fingerprint density at radius 3 is 2.64 bits per heavy atom. The maximum Gasteiger partial charge on any atom is 0.134 e. The molecule has 14 heavy (non-hydrogen) atoms. The van der Waals surface area contributed by atoms with Crippen LogP contribution in [0, 0.1) is 5.41 Å². The van der Waals surface area contributed by atoms with E-state index in [1.54, 1.807) is 0 Å². The Morgan fingerprint density at radius 1 is 1.21 bits per heavy atom. The number of nitrogens with one attached hydrogen (secondary N) is 1. The fraction of sp³-hybridized carbons (Fsp3) is 1.00. The molecule has 0 amide bonds. The lowest BCUT2D eigenvalue weighted by molar-refractivity contribution is -0.142. The third-order valence-corrected chi connectivity index (χ3v) is 2.99. The van der Waals surface area contributed by atoms with Crippen LogP contribution in [0.15, 0.2) is 0 Å². The second-order valence-electron chi connectivity index (χ2n) is 5.18. The molecular weight excluding hydrogens is 178 g/mol. The summed E-state index contributed by atoms with van der Waals surface area (Å²) in [6.07, 6.45) is 4.02. The predicted molar refractivity (Wildman–Crippen MR) is 55.1 cm³/mol. The summed E-state index contributed by atoms with van der Waals surface area (Å²) in [5.74, 6) is 0. The van der Waals surface area contributed by atoms with Gasteiger partial charge in [-0.3, -0.25) is 5.32 Å². The Labute approximate surface area is 86.2 Å². The molecule has 2 saturated heterocycles. The molecule has 0 saturated carbocycles. The highest BCUT2D eigenvalue weighted by atomic mass is 16.6. The highest BCUT2D eigenvalue weighted by Gasteiger charge is 2.32. The standard InChI is InChI=1S/C11H21NO2/c1-11(2)7-12-10(14-8-11)9-5-3-4-6-13-9/h9-10,12H,3-8H2,1-2H3. The molecule has 0 aromatic rings. The molecule has 3 heteroatoms. The zero-order chi connectivity index (χ0) is 10.0. The summed E-state index contributed by atoms with van der Waals surface area (Å²) < 4.78 is 11.5. The van der Waals surface area contributed by atoms with Crippen molar-refractivity contribution in [2.24, 2.45) is 5.41 Å². The first-order valence-electron chi connectivity index (χ1n) is 5.64. The molecule has 0 aromatic carbocycles. The lowest BCUT2D eigenvalue weighted by Gasteiger charge is -2.39. The van der Waals surface area contributed by atoms with Crippen LogP contribution in [-0.2, 0) is 9.47 Å². The molecule has 2 heterocycles. The number of hydrogen-bond donors (Lipinski definition) is 1. The third-order valence-electron chi connectivity index (χ3n) is 2.99. The first-order chi connectivity index (χ1) is 6.67. The van der Waals surface area contributed by atoms with Crippen LogP contribution in [0.2, 0.25) is 0 Å². The van der Waals surface area contributed by atoms with Gasteiger partial charge in [-0.15, -0.1) is 0 Å². The van der Waals surface area contributed by atoms with Crippen LogP contribution in [-0.4, -0.2) is 32.1 Å². The molecule has 2 aliphatic rings. The molecule has 1 N–H and O–H groups in total. The fourth-order valence-corrected chi connectivity index (χ4v) is 2.05. The molecule has 0 aromatic heterocycles. The van der Waals surface area contributed by atoms with E-state index in [-0.39, 0.29) is 17.7 Å². The summed E-state index contributed by atoms with van der Waals surface area (Å²) in [6, 6.07) is 0. The van der Waals surface area contributed by atoms with Gasteiger partial charge in [-0.05, 0) is 19.3 Å². The second kappa shape index (κ2) is 4.17. The first kappa shape index (κ1) is 10.4. The second-order valence-corrected chi connectivity index (χ2v) is 5.18. The average molecular weight is 199 g/mol. The zero-order valence-electron chi connectivity index (χ0n) is 9.21. The van der Waals surface area contributed by atoms with Crippen molar-refractivity contribution in [3.63, 3.8) is 0 Å². The van der Waals surface area contributed by atoms with Crippen LogP contribution in [0.5, 0.6) is 0 Å². The SMILES string of the molecule is CC1(C)CNC(C2CCCCO2)OC1. The van der Waals surface area contributed by atoms with Gasteiger partial charge < -0.3 is 9.47 Å². The van der Waals surface area contributed by atoms with Gasteiger partial charge in [0.1, 0.15) is 6.23 Å². The van der Waals surface area contributed by atoms with Gasteiger partial charge in [-0.1, -0.05) is 13.8 Å². The molecule has 2 fully saturated rings. The molecule has 2 atom stereocenters. The van der Waals surface area contributed by atoms with Gasteiger partial charge in [0.15, 0.2) is 0 Å². The van der Waals surface area contributed by atoms with E-state index in [9.17, 15) is 0 Å². The minimum atomic E-state index is 0.128. The van der Waals surface area contributed by atoms with E-state index in [0.29, 0.717) is 0 Å². The molecule has 2 aliphatic heterocycles. The molecule has 0 spiro atoms. The summed E-state index contributed by atoms with van der Waals surface area (Å²) >= 11 is 0. The minimum absolute atomic E-state index is 0.128. The minimum Gasteiger partial charge on any atom is -0.374 e. The van der Waals surface area contributed by atoms with Crippen LogP contribution in [0.25, 0.3) is 0 Å². The van der Waals surface area contributed by atoms with Crippen molar-refractivity contribution in [2.45, 2.75) is 45.4 Å². The van der Waals surface area contributed by atoms with E-state index in [2.05, 4.69) is 19.2 Å². The van der Waals surface area contributed by atoms with Crippen molar-refractivity contribution in [1.29, 1.82) is 0 Å². The number of hydrogen-bond acceptors (Lipinski definition) is 3. The van der Waals surface area contributed by atoms with Gasteiger partial charge in [0, 0.05) is 18.6 Å². The number of rotatable bonds is 1. The molecule has 2 rings (SSSR count). The van der Waals surface area contributed by atoms with Gasteiger partial charge in [-0.25, -0.2) is 0 Å². The van der Waals surface area contributed by atoms with Crippen LogP contribution in [0.3, 0.4) is 0 Å². The highest BCUT2D eigenvalue weighted by molar-refractivity contribution is 4.82. The van der Waals surface area contributed by atoms with E-state index < -0.39 is 0 Å². The lowest BCUT2D eigenvalue weighted by Crippen LogP contribution is -2.54. The lowest BCUT2D eigenvalue weighted by atomic mass is 9.93. The Balaban J connectivity index is 1.82. The van der Waals surface area contributed by atoms with E-state index in [1.807, 2.05) is 0 Å². The van der Waals surface area contributed by atoms with Crippen molar-refractivity contribution >= 4 is 0 Å². The Hall–Kier alpha value is -0.120. The van der Waals surface area contributed by atoms with Gasteiger partial charge in [0.2, 0.25) is 0 Å². The van der Waals surface area contributed by atoms with Crippen molar-refractivity contribution in [3.8, 4) is 0 Å². The summed E-state index contributed by atoms with van der Waals surface area (Å²) in [7, 11) is 0. The van der Waals surface area contributed by atoms with E-state index in [1.165, 1.54) is 12.8 Å². The van der Waals surface area contributed by atoms with Crippen molar-refractivity contribution in [1.82, 2.24) is 5.32 Å². The predicted octanol–water partition coefficient (Wildman–Crippen LogP) is 1.53. The number of ether oxygens (including phenoxy) is 2. The van der Waals surface area contributed by atoms with Crippen LogP contribution in [0.1, 0.15) is 33.1 Å². The van der Waals surface area contributed by atoms with Gasteiger partial charge in [0.25, 0.3) is 0 Å². The zero-order valence-corrected chi connectivity index (χ0v) is 9.21. The molecule has 82 valence electrons. The molecule has 2 unspecified atom stereocenters. The highest BCUT2D eigenvalue weighted by Crippen LogP contribution is 2.24. The largest absolute Gasteiger partial charge is 0.374 e. The van der Waals surface area contributed by atoms with Crippen LogP contribution in [0.4, 0.5) is 0 Å². The fourth-order valence-electron chi connectivity index (χ4n) is 2.05.